The molecule has 2 N–H and O–H groups in total. The zero-order valence-electron chi connectivity index (χ0n) is 16.0. The standard InChI is InChI=1S/C22H23N3O3/c1-4-14-28-20-11-6-5-9-18(20)15-23-25-22(27)13-12-21(26)24-19-10-7-8-16(2)17(19)3/h1,5-11,15H,12-14H2,2-3H3,(H,24,26)(H,25,27). The van der Waals surface area contributed by atoms with Gasteiger partial charge in [0, 0.05) is 24.1 Å². The molecule has 0 aliphatic carbocycles. The number of hydrogen-bond donors (Lipinski definition) is 2. The number of aryl methyl sites for hydroxylation is 1. The molecular weight excluding hydrogens is 354 g/mol. The number of anilines is 1. The largest absolute Gasteiger partial charge is 0.480 e. The smallest absolute Gasteiger partial charge is 0.240 e. The molecule has 0 fully saturated rings. The number of amides is 2. The maximum Gasteiger partial charge on any atom is 0.240 e. The van der Waals surface area contributed by atoms with Gasteiger partial charge in [-0.3, -0.25) is 9.59 Å². The van der Waals surface area contributed by atoms with E-state index in [2.05, 4.69) is 21.8 Å². The molecule has 0 aromatic heterocycles. The summed E-state index contributed by atoms with van der Waals surface area (Å²) in [6, 6.07) is 12.9. The molecule has 0 aliphatic rings. The molecule has 0 unspecified atom stereocenters. The first-order valence-electron chi connectivity index (χ1n) is 8.84. The van der Waals surface area contributed by atoms with E-state index in [9.17, 15) is 9.59 Å². The highest BCUT2D eigenvalue weighted by Crippen LogP contribution is 2.18. The topological polar surface area (TPSA) is 79.8 Å². The SMILES string of the molecule is C#CCOc1ccccc1C=NNC(=O)CCC(=O)Nc1cccc(C)c1C. The molecule has 0 atom stereocenters. The fraction of sp³-hybridized carbons (Fsp3) is 0.227. The van der Waals surface area contributed by atoms with Crippen molar-refractivity contribution >= 4 is 23.7 Å². The maximum atomic E-state index is 12.1. The number of carbonyl (C=O) groups excluding carboxylic acids is 2. The molecule has 0 aliphatic heterocycles. The van der Waals surface area contributed by atoms with Crippen molar-refractivity contribution in [2.75, 3.05) is 11.9 Å². The number of para-hydroxylation sites is 1. The maximum absolute atomic E-state index is 12.1. The molecule has 144 valence electrons. The van der Waals surface area contributed by atoms with Crippen LogP contribution in [0, 0.1) is 26.2 Å². The van der Waals surface area contributed by atoms with Crippen LogP contribution in [0.4, 0.5) is 5.69 Å². The molecule has 2 aromatic carbocycles. The Kier molecular flexibility index (Phi) is 7.79. The average Bonchev–Trinajstić information content (AvgIpc) is 2.69. The minimum atomic E-state index is -0.352. The van der Waals surface area contributed by atoms with Gasteiger partial charge in [0.1, 0.15) is 12.4 Å². The van der Waals surface area contributed by atoms with Crippen LogP contribution >= 0.6 is 0 Å². The van der Waals surface area contributed by atoms with Gasteiger partial charge < -0.3 is 10.1 Å². The van der Waals surface area contributed by atoms with Crippen molar-refractivity contribution < 1.29 is 14.3 Å². The summed E-state index contributed by atoms with van der Waals surface area (Å²) in [6.45, 7) is 4.07. The number of carbonyl (C=O) groups is 2. The van der Waals surface area contributed by atoms with E-state index in [-0.39, 0.29) is 31.3 Å². The first-order valence-corrected chi connectivity index (χ1v) is 8.84. The van der Waals surface area contributed by atoms with Crippen LogP contribution in [0.2, 0.25) is 0 Å². The Bertz CT molecular complexity index is 913. The summed E-state index contributed by atoms with van der Waals surface area (Å²) in [5.41, 5.74) is 5.95. The lowest BCUT2D eigenvalue weighted by Crippen LogP contribution is -2.21. The van der Waals surface area contributed by atoms with Gasteiger partial charge in [-0.05, 0) is 43.2 Å². The van der Waals surface area contributed by atoms with Crippen molar-refractivity contribution in [1.29, 1.82) is 0 Å². The zero-order valence-corrected chi connectivity index (χ0v) is 16.0. The summed E-state index contributed by atoms with van der Waals surface area (Å²) in [4.78, 5) is 24.0. The van der Waals surface area contributed by atoms with E-state index in [4.69, 9.17) is 11.2 Å². The summed E-state index contributed by atoms with van der Waals surface area (Å²) in [5, 5.41) is 6.74. The van der Waals surface area contributed by atoms with Gasteiger partial charge in [0.25, 0.3) is 0 Å². The lowest BCUT2D eigenvalue weighted by atomic mass is 10.1. The third-order valence-electron chi connectivity index (χ3n) is 4.08. The van der Waals surface area contributed by atoms with Crippen LogP contribution in [0.25, 0.3) is 0 Å². The van der Waals surface area contributed by atoms with Gasteiger partial charge in [-0.25, -0.2) is 5.43 Å². The molecule has 0 bridgehead atoms. The van der Waals surface area contributed by atoms with Crippen LogP contribution < -0.4 is 15.5 Å². The second-order valence-electron chi connectivity index (χ2n) is 6.12. The Labute approximate surface area is 165 Å². The van der Waals surface area contributed by atoms with Gasteiger partial charge in [0.2, 0.25) is 11.8 Å². The summed E-state index contributed by atoms with van der Waals surface area (Å²) in [7, 11) is 0. The summed E-state index contributed by atoms with van der Waals surface area (Å²) >= 11 is 0. The number of hydrogen-bond acceptors (Lipinski definition) is 4. The molecule has 6 heteroatoms. The van der Waals surface area contributed by atoms with Gasteiger partial charge in [-0.1, -0.05) is 30.2 Å². The van der Waals surface area contributed by atoms with E-state index < -0.39 is 0 Å². The Morgan fingerprint density at radius 3 is 2.64 bits per heavy atom. The number of nitrogens with one attached hydrogen (secondary N) is 2. The van der Waals surface area contributed by atoms with Gasteiger partial charge >= 0.3 is 0 Å². The van der Waals surface area contributed by atoms with E-state index in [1.54, 1.807) is 12.1 Å². The molecule has 0 spiro atoms. The highest BCUT2D eigenvalue weighted by molar-refractivity contribution is 5.94. The highest BCUT2D eigenvalue weighted by Gasteiger charge is 2.09. The second kappa shape index (κ2) is 10.5. The van der Waals surface area contributed by atoms with Crippen LogP contribution in [0.3, 0.4) is 0 Å². The monoisotopic (exact) mass is 377 g/mol. The fourth-order valence-electron chi connectivity index (χ4n) is 2.39. The van der Waals surface area contributed by atoms with E-state index in [1.165, 1.54) is 6.21 Å². The summed E-state index contributed by atoms with van der Waals surface area (Å²) in [6.07, 6.45) is 6.76. The highest BCUT2D eigenvalue weighted by atomic mass is 16.5. The molecule has 2 amide bonds. The number of terminal acetylenes is 1. The van der Waals surface area contributed by atoms with Crippen LogP contribution in [0.5, 0.6) is 5.75 Å². The molecular formula is C22H23N3O3. The number of nitrogens with zero attached hydrogens (tertiary/aromatic N) is 1. The predicted octanol–water partition coefficient (Wildman–Crippen LogP) is 3.18. The molecule has 2 rings (SSSR count). The molecule has 0 radical (unpaired) electrons. The first-order chi connectivity index (χ1) is 13.5. The average molecular weight is 377 g/mol. The molecule has 28 heavy (non-hydrogen) atoms. The minimum Gasteiger partial charge on any atom is -0.480 e. The fourth-order valence-corrected chi connectivity index (χ4v) is 2.39. The lowest BCUT2D eigenvalue weighted by molar-refractivity contribution is -0.124. The molecule has 0 saturated carbocycles. The number of hydrazone groups is 1. The van der Waals surface area contributed by atoms with Gasteiger partial charge in [0.05, 0.1) is 6.21 Å². The number of ether oxygens (including phenoxy) is 1. The van der Waals surface area contributed by atoms with E-state index in [0.29, 0.717) is 11.3 Å². The molecule has 6 nitrogen and oxygen atoms in total. The van der Waals surface area contributed by atoms with Crippen molar-refractivity contribution in [1.82, 2.24) is 5.43 Å². The minimum absolute atomic E-state index is 0.0310. The van der Waals surface area contributed by atoms with Crippen molar-refractivity contribution in [3.05, 3.63) is 59.2 Å². The number of rotatable bonds is 8. The lowest BCUT2D eigenvalue weighted by Gasteiger charge is -2.10. The normalized spacial score (nSPS) is 10.3. The molecule has 2 aromatic rings. The van der Waals surface area contributed by atoms with Crippen molar-refractivity contribution in [2.24, 2.45) is 5.10 Å². The van der Waals surface area contributed by atoms with Gasteiger partial charge in [-0.2, -0.15) is 5.10 Å². The van der Waals surface area contributed by atoms with Gasteiger partial charge in [-0.15, -0.1) is 6.42 Å². The Morgan fingerprint density at radius 2 is 1.86 bits per heavy atom. The Morgan fingerprint density at radius 1 is 1.11 bits per heavy atom. The quantitative estimate of drug-likeness (QED) is 0.421. The van der Waals surface area contributed by atoms with Gasteiger partial charge in [0.15, 0.2) is 0 Å². The second-order valence-corrected chi connectivity index (χ2v) is 6.12. The van der Waals surface area contributed by atoms with Crippen LogP contribution in [-0.4, -0.2) is 24.6 Å². The van der Waals surface area contributed by atoms with E-state index in [1.807, 2.05) is 44.2 Å². The third kappa shape index (κ3) is 6.29. The Balaban J connectivity index is 1.81. The van der Waals surface area contributed by atoms with Crippen molar-refractivity contribution in [3.63, 3.8) is 0 Å². The van der Waals surface area contributed by atoms with Crippen LogP contribution in [0.15, 0.2) is 47.6 Å². The molecule has 0 heterocycles. The van der Waals surface area contributed by atoms with Crippen LogP contribution in [-0.2, 0) is 9.59 Å². The molecule has 0 saturated heterocycles. The van der Waals surface area contributed by atoms with E-state index in [0.717, 1.165) is 16.8 Å². The zero-order chi connectivity index (χ0) is 20.4. The summed E-state index contributed by atoms with van der Waals surface area (Å²) < 4.78 is 5.40. The van der Waals surface area contributed by atoms with Crippen molar-refractivity contribution in [2.45, 2.75) is 26.7 Å². The first kappa shape index (κ1) is 20.7. The predicted molar refractivity (Wildman–Crippen MR) is 110 cm³/mol. The van der Waals surface area contributed by atoms with Crippen molar-refractivity contribution in [3.8, 4) is 18.1 Å². The van der Waals surface area contributed by atoms with Crippen LogP contribution in [0.1, 0.15) is 29.5 Å². The summed E-state index contributed by atoms with van der Waals surface area (Å²) in [5.74, 6) is 2.40. The number of benzene rings is 2. The van der Waals surface area contributed by atoms with E-state index >= 15 is 0 Å². The third-order valence-corrected chi connectivity index (χ3v) is 4.08. The Hall–Kier alpha value is -3.59.